The second kappa shape index (κ2) is 6.38. The summed E-state index contributed by atoms with van der Waals surface area (Å²) in [6, 6.07) is 1.90. The lowest BCUT2D eigenvalue weighted by Gasteiger charge is -2.29. The Hall–Kier alpha value is -2.57. The minimum atomic E-state index is -0.549. The number of rotatable bonds is 5. The van der Waals surface area contributed by atoms with Crippen molar-refractivity contribution in [2.75, 3.05) is 11.9 Å². The minimum Gasteiger partial charge on any atom is -0.462 e. The van der Waals surface area contributed by atoms with Crippen molar-refractivity contribution in [3.05, 3.63) is 29.6 Å². The summed E-state index contributed by atoms with van der Waals surface area (Å²) in [6.45, 7) is 6.48. The Bertz CT molecular complexity index is 825. The molecule has 0 radical (unpaired) electrons. The zero-order valence-corrected chi connectivity index (χ0v) is 14.8. The number of nitrogens with two attached hydrogens (primary N) is 1. The van der Waals surface area contributed by atoms with Gasteiger partial charge in [-0.2, -0.15) is 5.10 Å². The van der Waals surface area contributed by atoms with Gasteiger partial charge >= 0.3 is 5.97 Å². The van der Waals surface area contributed by atoms with Crippen LogP contribution in [0.5, 0.6) is 0 Å². The number of fused-ring (bicyclic) bond motifs is 1. The summed E-state index contributed by atoms with van der Waals surface area (Å²) in [6.07, 6.45) is 6.31. The average Bonchev–Trinajstić information content (AvgIpc) is 3.11. The van der Waals surface area contributed by atoms with E-state index in [9.17, 15) is 9.59 Å². The fourth-order valence-corrected chi connectivity index (χ4v) is 3.49. The lowest BCUT2D eigenvalue weighted by Crippen LogP contribution is -2.32. The zero-order chi connectivity index (χ0) is 18.2. The van der Waals surface area contributed by atoms with Gasteiger partial charge in [0.05, 0.1) is 35.1 Å². The summed E-state index contributed by atoms with van der Waals surface area (Å²) in [7, 11) is 0. The van der Waals surface area contributed by atoms with E-state index in [0.29, 0.717) is 28.9 Å². The van der Waals surface area contributed by atoms with Crippen LogP contribution in [0.1, 0.15) is 60.7 Å². The summed E-state index contributed by atoms with van der Waals surface area (Å²) in [5.41, 5.74) is 7.64. The van der Waals surface area contributed by atoms with Crippen LogP contribution in [0, 0.1) is 5.41 Å². The van der Waals surface area contributed by atoms with E-state index in [1.165, 1.54) is 6.20 Å². The summed E-state index contributed by atoms with van der Waals surface area (Å²) in [4.78, 5) is 23.9. The summed E-state index contributed by atoms with van der Waals surface area (Å²) < 4.78 is 6.62. The van der Waals surface area contributed by atoms with E-state index in [1.807, 2.05) is 0 Å². The molecule has 7 nitrogen and oxygen atoms in total. The molecule has 1 unspecified atom stereocenters. The molecule has 1 atom stereocenters. The first kappa shape index (κ1) is 17.3. The van der Waals surface area contributed by atoms with Crippen LogP contribution in [0.2, 0.25) is 0 Å². The maximum absolute atomic E-state index is 12.0. The van der Waals surface area contributed by atoms with Crippen molar-refractivity contribution < 1.29 is 14.3 Å². The van der Waals surface area contributed by atoms with Gasteiger partial charge in [-0.3, -0.25) is 4.79 Å². The molecular formula is C18H24N4O3. The molecule has 0 aromatic carbocycles. The topological polar surface area (TPSA) is 98.7 Å². The molecule has 25 heavy (non-hydrogen) atoms. The largest absolute Gasteiger partial charge is 0.462 e. The highest BCUT2D eigenvalue weighted by atomic mass is 16.5. The van der Waals surface area contributed by atoms with Gasteiger partial charge in [-0.25, -0.2) is 9.31 Å². The third kappa shape index (κ3) is 3.18. The number of anilines is 1. The van der Waals surface area contributed by atoms with Crippen LogP contribution in [0.25, 0.3) is 5.52 Å². The Kier molecular flexibility index (Phi) is 4.41. The van der Waals surface area contributed by atoms with Crippen LogP contribution >= 0.6 is 0 Å². The number of aromatic nitrogens is 2. The molecule has 1 aliphatic rings. The van der Waals surface area contributed by atoms with Crippen LogP contribution in [0.3, 0.4) is 0 Å². The van der Waals surface area contributed by atoms with E-state index in [1.54, 1.807) is 23.7 Å². The van der Waals surface area contributed by atoms with Crippen molar-refractivity contribution in [3.8, 4) is 0 Å². The van der Waals surface area contributed by atoms with Crippen LogP contribution in [0.4, 0.5) is 5.69 Å². The number of esters is 1. The summed E-state index contributed by atoms with van der Waals surface area (Å²) >= 11 is 0. The fraction of sp³-hybridized carbons (Fsp3) is 0.500. The van der Waals surface area contributed by atoms with Gasteiger partial charge in [0.25, 0.3) is 5.91 Å². The van der Waals surface area contributed by atoms with Gasteiger partial charge in [0.2, 0.25) is 0 Å². The van der Waals surface area contributed by atoms with E-state index in [2.05, 4.69) is 24.3 Å². The molecule has 1 fully saturated rings. The van der Waals surface area contributed by atoms with Crippen LogP contribution in [-0.2, 0) is 4.74 Å². The first-order chi connectivity index (χ1) is 11.8. The molecule has 0 saturated heterocycles. The number of hydrogen-bond donors (Lipinski definition) is 2. The van der Waals surface area contributed by atoms with E-state index in [-0.39, 0.29) is 11.5 Å². The van der Waals surface area contributed by atoms with Crippen LogP contribution < -0.4 is 11.1 Å². The Labute approximate surface area is 146 Å². The number of nitrogens with one attached hydrogen (secondary N) is 1. The van der Waals surface area contributed by atoms with Crippen LogP contribution in [0.15, 0.2) is 18.5 Å². The molecule has 1 amide bonds. The quantitative estimate of drug-likeness (QED) is 0.812. The third-order valence-electron chi connectivity index (χ3n) is 4.99. The standard InChI is InChI=1S/C18H24N4O3/c1-4-25-17(24)11-8-13-15(21-14-6-5-7-18(14,2)3)12(16(19)23)9-20-22(13)10-11/h8-10,14,21H,4-7H2,1-3H3,(H2,19,23). The van der Waals surface area contributed by atoms with Crippen molar-refractivity contribution in [1.29, 1.82) is 0 Å². The van der Waals surface area contributed by atoms with Crippen molar-refractivity contribution >= 4 is 23.1 Å². The van der Waals surface area contributed by atoms with Gasteiger partial charge in [-0.05, 0) is 31.2 Å². The first-order valence-electron chi connectivity index (χ1n) is 8.58. The second-order valence-corrected chi connectivity index (χ2v) is 7.15. The normalized spacial score (nSPS) is 19.1. The Morgan fingerprint density at radius 2 is 2.24 bits per heavy atom. The highest BCUT2D eigenvalue weighted by Crippen LogP contribution is 2.40. The highest BCUT2D eigenvalue weighted by Gasteiger charge is 2.35. The van der Waals surface area contributed by atoms with E-state index in [0.717, 1.165) is 19.3 Å². The predicted octanol–water partition coefficient (Wildman–Crippen LogP) is 2.60. The number of amides is 1. The molecule has 2 heterocycles. The molecule has 3 rings (SSSR count). The highest BCUT2D eigenvalue weighted by molar-refractivity contribution is 6.03. The van der Waals surface area contributed by atoms with Gasteiger partial charge < -0.3 is 15.8 Å². The number of carbonyl (C=O) groups excluding carboxylic acids is 2. The van der Waals surface area contributed by atoms with Gasteiger partial charge in [0.1, 0.15) is 0 Å². The van der Waals surface area contributed by atoms with Crippen molar-refractivity contribution in [2.24, 2.45) is 11.1 Å². The van der Waals surface area contributed by atoms with Gasteiger partial charge in [0, 0.05) is 12.2 Å². The first-order valence-corrected chi connectivity index (χ1v) is 8.58. The van der Waals surface area contributed by atoms with Gasteiger partial charge in [-0.15, -0.1) is 0 Å². The van der Waals surface area contributed by atoms with Gasteiger partial charge in [-0.1, -0.05) is 20.3 Å². The van der Waals surface area contributed by atoms with E-state index < -0.39 is 11.9 Å². The number of carbonyl (C=O) groups is 2. The average molecular weight is 344 g/mol. The molecule has 1 saturated carbocycles. The number of primary amides is 1. The van der Waals surface area contributed by atoms with Gasteiger partial charge in [0.15, 0.2) is 0 Å². The zero-order valence-electron chi connectivity index (χ0n) is 14.8. The monoisotopic (exact) mass is 344 g/mol. The molecule has 3 N–H and O–H groups in total. The molecule has 134 valence electrons. The number of hydrogen-bond acceptors (Lipinski definition) is 5. The van der Waals surface area contributed by atoms with Crippen molar-refractivity contribution in [1.82, 2.24) is 9.61 Å². The summed E-state index contributed by atoms with van der Waals surface area (Å²) in [5.74, 6) is -0.965. The predicted molar refractivity (Wildman–Crippen MR) is 94.7 cm³/mol. The molecule has 2 aromatic heterocycles. The molecule has 0 bridgehead atoms. The molecule has 0 spiro atoms. The maximum atomic E-state index is 12.0. The Balaban J connectivity index is 2.08. The molecular weight excluding hydrogens is 320 g/mol. The van der Waals surface area contributed by atoms with E-state index >= 15 is 0 Å². The third-order valence-corrected chi connectivity index (χ3v) is 4.99. The van der Waals surface area contributed by atoms with Crippen molar-refractivity contribution in [2.45, 2.75) is 46.1 Å². The lowest BCUT2D eigenvalue weighted by atomic mass is 9.87. The van der Waals surface area contributed by atoms with Crippen LogP contribution in [-0.4, -0.2) is 34.1 Å². The molecule has 2 aromatic rings. The number of ether oxygens (including phenoxy) is 1. The lowest BCUT2D eigenvalue weighted by molar-refractivity contribution is 0.0526. The van der Waals surface area contributed by atoms with E-state index in [4.69, 9.17) is 10.5 Å². The Morgan fingerprint density at radius 1 is 1.48 bits per heavy atom. The molecule has 7 heteroatoms. The SMILES string of the molecule is CCOC(=O)c1cc2c(NC3CCCC3(C)C)c(C(N)=O)cnn2c1. The molecule has 0 aliphatic heterocycles. The van der Waals surface area contributed by atoms with Crippen molar-refractivity contribution in [3.63, 3.8) is 0 Å². The maximum Gasteiger partial charge on any atom is 0.339 e. The Morgan fingerprint density at radius 3 is 2.84 bits per heavy atom. The molecule has 1 aliphatic carbocycles. The number of nitrogens with zero attached hydrogens (tertiary/aromatic N) is 2. The smallest absolute Gasteiger partial charge is 0.339 e. The fourth-order valence-electron chi connectivity index (χ4n) is 3.49. The minimum absolute atomic E-state index is 0.117. The summed E-state index contributed by atoms with van der Waals surface area (Å²) in [5, 5.41) is 7.70. The second-order valence-electron chi connectivity index (χ2n) is 7.15.